The maximum atomic E-state index is 12.1. The third-order valence-corrected chi connectivity index (χ3v) is 6.85. The highest BCUT2D eigenvalue weighted by molar-refractivity contribution is 7.20. The molecule has 4 rings (SSSR count). The number of aryl methyl sites for hydroxylation is 1. The summed E-state index contributed by atoms with van der Waals surface area (Å²) >= 11 is 1.41. The summed E-state index contributed by atoms with van der Waals surface area (Å²) in [4.78, 5) is 37.3. The molecule has 1 unspecified atom stereocenters. The average molecular weight is 528 g/mol. The topological polar surface area (TPSA) is 145 Å². The molecule has 1 aromatic heterocycles. The van der Waals surface area contributed by atoms with E-state index >= 15 is 0 Å². The number of nitrogens with zero attached hydrogens (tertiary/aromatic N) is 2. The molecular formula is C28H41N5O3S. The van der Waals surface area contributed by atoms with Gasteiger partial charge < -0.3 is 26.9 Å². The zero-order chi connectivity index (χ0) is 27.6. The fraction of sp³-hybridized carbons (Fsp3) is 0.429. The van der Waals surface area contributed by atoms with Crippen LogP contribution in [-0.4, -0.2) is 60.1 Å². The number of thiazole rings is 1. The first-order valence-corrected chi connectivity index (χ1v) is 13.3. The second-order valence-corrected chi connectivity index (χ2v) is 9.71. The van der Waals surface area contributed by atoms with Crippen LogP contribution in [0, 0.1) is 6.92 Å². The van der Waals surface area contributed by atoms with Gasteiger partial charge in [-0.2, -0.15) is 0 Å². The predicted octanol–water partition coefficient (Wildman–Crippen LogP) is 3.70. The van der Waals surface area contributed by atoms with Gasteiger partial charge in [0.1, 0.15) is 6.79 Å². The first-order chi connectivity index (χ1) is 17.9. The summed E-state index contributed by atoms with van der Waals surface area (Å²) < 4.78 is 1.02. The van der Waals surface area contributed by atoms with Gasteiger partial charge >= 0.3 is 0 Å². The van der Waals surface area contributed by atoms with E-state index in [1.807, 2.05) is 54.2 Å². The number of rotatable bonds is 7. The van der Waals surface area contributed by atoms with E-state index in [1.165, 1.54) is 16.9 Å². The second kappa shape index (κ2) is 18.3. The SMILES string of the molecule is C=O.C[C@@H]1CCCN1C(=O)CN.Cc1ccccc1.NCCCCC(N)C(=O)c1nc2ccccc2s1. The van der Waals surface area contributed by atoms with Crippen molar-refractivity contribution in [3.63, 3.8) is 0 Å². The first-order valence-electron chi connectivity index (χ1n) is 12.5. The molecular weight excluding hydrogens is 486 g/mol. The minimum Gasteiger partial charge on any atom is -0.339 e. The number of hydrogen-bond donors (Lipinski definition) is 3. The van der Waals surface area contributed by atoms with Gasteiger partial charge in [0.15, 0.2) is 5.01 Å². The van der Waals surface area contributed by atoms with Crippen molar-refractivity contribution in [3.05, 3.63) is 65.2 Å². The van der Waals surface area contributed by atoms with Crippen LogP contribution in [0.2, 0.25) is 0 Å². The molecule has 1 amide bonds. The van der Waals surface area contributed by atoms with Gasteiger partial charge in [-0.05, 0) is 58.2 Å². The van der Waals surface area contributed by atoms with Crippen LogP contribution in [0.4, 0.5) is 0 Å². The van der Waals surface area contributed by atoms with Crippen LogP contribution >= 0.6 is 11.3 Å². The number of amides is 1. The molecule has 3 aromatic rings. The summed E-state index contributed by atoms with van der Waals surface area (Å²) in [6, 6.07) is 17.9. The predicted molar refractivity (Wildman–Crippen MR) is 153 cm³/mol. The van der Waals surface area contributed by atoms with Crippen molar-refractivity contribution in [2.24, 2.45) is 17.2 Å². The normalized spacial score (nSPS) is 14.8. The van der Waals surface area contributed by atoms with Crippen LogP contribution in [-0.2, 0) is 9.59 Å². The van der Waals surface area contributed by atoms with Gasteiger partial charge in [0.2, 0.25) is 11.7 Å². The molecule has 1 aliphatic rings. The number of fused-ring (bicyclic) bond motifs is 1. The Morgan fingerprint density at radius 3 is 2.24 bits per heavy atom. The summed E-state index contributed by atoms with van der Waals surface area (Å²) in [5.41, 5.74) is 18.7. The van der Waals surface area contributed by atoms with Gasteiger partial charge in [-0.15, -0.1) is 11.3 Å². The Hall–Kier alpha value is -2.98. The summed E-state index contributed by atoms with van der Waals surface area (Å²) in [5.74, 6) is 0.0261. The van der Waals surface area contributed by atoms with Crippen molar-refractivity contribution >= 4 is 40.0 Å². The number of carbonyl (C=O) groups excluding carboxylic acids is 3. The number of Topliss-reactive ketones (excluding diaryl/α,β-unsaturated/α-hetero) is 1. The van der Waals surface area contributed by atoms with Crippen molar-refractivity contribution in [1.29, 1.82) is 0 Å². The molecule has 1 saturated heterocycles. The van der Waals surface area contributed by atoms with Crippen LogP contribution in [0.25, 0.3) is 10.2 Å². The molecule has 9 heteroatoms. The van der Waals surface area contributed by atoms with E-state index in [0.29, 0.717) is 24.0 Å². The van der Waals surface area contributed by atoms with Crippen LogP contribution in [0.1, 0.15) is 54.4 Å². The maximum Gasteiger partial charge on any atom is 0.236 e. The molecule has 0 radical (unpaired) electrons. The van der Waals surface area contributed by atoms with E-state index in [-0.39, 0.29) is 18.2 Å². The zero-order valence-corrected chi connectivity index (χ0v) is 22.8. The van der Waals surface area contributed by atoms with E-state index in [2.05, 4.69) is 31.0 Å². The van der Waals surface area contributed by atoms with Crippen molar-refractivity contribution in [1.82, 2.24) is 9.88 Å². The maximum absolute atomic E-state index is 12.1. The number of aromatic nitrogens is 1. The Kier molecular flexibility index (Phi) is 15.8. The third kappa shape index (κ3) is 11.3. The molecule has 0 bridgehead atoms. The van der Waals surface area contributed by atoms with Gasteiger partial charge in [0, 0.05) is 12.6 Å². The molecule has 0 saturated carbocycles. The Morgan fingerprint density at radius 2 is 1.73 bits per heavy atom. The molecule has 0 spiro atoms. The van der Waals surface area contributed by atoms with Crippen molar-refractivity contribution in [2.45, 2.75) is 58.0 Å². The highest BCUT2D eigenvalue weighted by Crippen LogP contribution is 2.23. The lowest BCUT2D eigenvalue weighted by molar-refractivity contribution is -0.130. The van der Waals surface area contributed by atoms with Crippen LogP contribution in [0.15, 0.2) is 54.6 Å². The van der Waals surface area contributed by atoms with E-state index in [4.69, 9.17) is 22.0 Å². The van der Waals surface area contributed by atoms with E-state index < -0.39 is 6.04 Å². The number of benzene rings is 2. The second-order valence-electron chi connectivity index (χ2n) is 8.68. The summed E-state index contributed by atoms with van der Waals surface area (Å²) in [5, 5.41) is 0.511. The Bertz CT molecular complexity index is 1030. The number of unbranched alkanes of at least 4 members (excludes halogenated alkanes) is 1. The molecule has 1 fully saturated rings. The van der Waals surface area contributed by atoms with E-state index in [9.17, 15) is 9.59 Å². The molecule has 6 N–H and O–H groups in total. The monoisotopic (exact) mass is 527 g/mol. The molecule has 2 atom stereocenters. The van der Waals surface area contributed by atoms with Crippen molar-refractivity contribution in [2.75, 3.05) is 19.6 Å². The van der Waals surface area contributed by atoms with Gasteiger partial charge in [-0.25, -0.2) is 4.98 Å². The molecule has 8 nitrogen and oxygen atoms in total. The number of carbonyl (C=O) groups is 3. The number of hydrogen-bond acceptors (Lipinski definition) is 8. The van der Waals surface area contributed by atoms with Crippen LogP contribution in [0.5, 0.6) is 0 Å². The molecule has 2 heterocycles. The number of ketones is 1. The number of nitrogens with two attached hydrogens (primary N) is 3. The number of likely N-dealkylation sites (tertiary alicyclic amines) is 1. The quantitative estimate of drug-likeness (QED) is 0.314. The van der Waals surface area contributed by atoms with Gasteiger partial charge in [-0.3, -0.25) is 9.59 Å². The Balaban J connectivity index is 0.000000302. The molecule has 37 heavy (non-hydrogen) atoms. The third-order valence-electron chi connectivity index (χ3n) is 5.80. The van der Waals surface area contributed by atoms with Crippen LogP contribution < -0.4 is 17.2 Å². The first kappa shape index (κ1) is 32.0. The lowest BCUT2D eigenvalue weighted by atomic mass is 10.1. The molecule has 202 valence electrons. The smallest absolute Gasteiger partial charge is 0.236 e. The molecule has 1 aliphatic heterocycles. The van der Waals surface area contributed by atoms with Crippen molar-refractivity contribution in [3.8, 4) is 0 Å². The average Bonchev–Trinajstić information content (AvgIpc) is 3.56. The van der Waals surface area contributed by atoms with Crippen LogP contribution in [0.3, 0.4) is 0 Å². The minimum atomic E-state index is -0.461. The van der Waals surface area contributed by atoms with E-state index in [1.54, 1.807) is 0 Å². The minimum absolute atomic E-state index is 0.0618. The van der Waals surface area contributed by atoms with Gasteiger partial charge in [0.25, 0.3) is 0 Å². The molecule has 2 aromatic carbocycles. The fourth-order valence-corrected chi connectivity index (χ4v) is 4.70. The highest BCUT2D eigenvalue weighted by Gasteiger charge is 2.23. The summed E-state index contributed by atoms with van der Waals surface area (Å²) in [6.45, 7) is 7.85. The zero-order valence-electron chi connectivity index (χ0n) is 22.0. The Morgan fingerprint density at radius 1 is 1.08 bits per heavy atom. The lowest BCUT2D eigenvalue weighted by Gasteiger charge is -2.19. The Labute approximate surface area is 224 Å². The summed E-state index contributed by atoms with van der Waals surface area (Å²) in [6.07, 6.45) is 4.72. The van der Waals surface area contributed by atoms with Gasteiger partial charge in [-0.1, -0.05) is 54.4 Å². The standard InChI is InChI=1S/C13H17N3OS.C7H14N2O.C7H8.CH2O/c14-8-4-3-5-9(15)12(17)13-16-10-6-1-2-7-11(10)18-13;1-6-3-2-4-9(6)7(10)5-8;1-7-5-3-2-4-6-7;1-2/h1-2,6-7,9H,3-5,8,14-15H2;6H,2-5,8H2,1H3;2-6H,1H3;1H2/t;6-;;/m.1../s1. The van der Waals surface area contributed by atoms with Gasteiger partial charge in [0.05, 0.1) is 22.8 Å². The largest absolute Gasteiger partial charge is 0.339 e. The van der Waals surface area contributed by atoms with E-state index in [0.717, 1.165) is 42.4 Å². The lowest BCUT2D eigenvalue weighted by Crippen LogP contribution is -2.37. The molecule has 0 aliphatic carbocycles. The highest BCUT2D eigenvalue weighted by atomic mass is 32.1. The van der Waals surface area contributed by atoms with Crippen molar-refractivity contribution < 1.29 is 14.4 Å². The summed E-state index contributed by atoms with van der Waals surface area (Å²) in [7, 11) is 0. The number of para-hydroxylation sites is 1. The fourth-order valence-electron chi connectivity index (χ4n) is 3.73.